The van der Waals surface area contributed by atoms with Gasteiger partial charge in [0, 0.05) is 27.4 Å². The average molecular weight is 271 g/mol. The van der Waals surface area contributed by atoms with Crippen molar-refractivity contribution in [2.75, 3.05) is 5.32 Å². The van der Waals surface area contributed by atoms with E-state index in [0.717, 1.165) is 6.54 Å². The van der Waals surface area contributed by atoms with Gasteiger partial charge in [0.2, 0.25) is 0 Å². The minimum absolute atomic E-state index is 0.897. The first kappa shape index (κ1) is 11.5. The highest BCUT2D eigenvalue weighted by atomic mass is 32.1. The van der Waals surface area contributed by atoms with Crippen LogP contribution in [0.5, 0.6) is 0 Å². The lowest BCUT2D eigenvalue weighted by atomic mass is 10.2. The zero-order valence-electron chi connectivity index (χ0n) is 9.80. The van der Waals surface area contributed by atoms with Gasteiger partial charge in [-0.25, -0.2) is 0 Å². The van der Waals surface area contributed by atoms with E-state index in [0.29, 0.717) is 0 Å². The van der Waals surface area contributed by atoms with E-state index in [9.17, 15) is 0 Å². The van der Waals surface area contributed by atoms with Gasteiger partial charge < -0.3 is 5.32 Å². The second kappa shape index (κ2) is 5.38. The van der Waals surface area contributed by atoms with Crippen LogP contribution in [0.15, 0.2) is 59.3 Å². The van der Waals surface area contributed by atoms with Gasteiger partial charge >= 0.3 is 0 Å². The average Bonchev–Trinajstić information content (AvgIpc) is 3.09. The Morgan fingerprint density at radius 1 is 0.944 bits per heavy atom. The van der Waals surface area contributed by atoms with Gasteiger partial charge in [0.05, 0.1) is 0 Å². The van der Waals surface area contributed by atoms with Crippen LogP contribution in [0.2, 0.25) is 0 Å². The minimum atomic E-state index is 0.897. The van der Waals surface area contributed by atoms with Crippen LogP contribution in [0, 0.1) is 0 Å². The third-order valence-electron chi connectivity index (χ3n) is 2.71. The van der Waals surface area contributed by atoms with Crippen molar-refractivity contribution in [2.24, 2.45) is 0 Å². The Morgan fingerprint density at radius 2 is 1.83 bits per heavy atom. The monoisotopic (exact) mass is 271 g/mol. The number of nitrogens with one attached hydrogen (secondary N) is 1. The second-order valence-electron chi connectivity index (χ2n) is 4.00. The Kier molecular flexibility index (Phi) is 3.44. The van der Waals surface area contributed by atoms with E-state index in [4.69, 9.17) is 0 Å². The molecule has 2 aromatic heterocycles. The van der Waals surface area contributed by atoms with E-state index in [2.05, 4.69) is 64.6 Å². The summed E-state index contributed by atoms with van der Waals surface area (Å²) in [6.07, 6.45) is 0. The molecule has 90 valence electrons. The molecular weight excluding hydrogens is 258 g/mol. The van der Waals surface area contributed by atoms with Gasteiger partial charge in [0.15, 0.2) is 0 Å². The Hall–Kier alpha value is -1.58. The molecule has 3 heteroatoms. The molecule has 1 aromatic carbocycles. The molecule has 0 aliphatic carbocycles. The van der Waals surface area contributed by atoms with Crippen LogP contribution in [-0.4, -0.2) is 0 Å². The molecule has 0 amide bonds. The molecule has 0 aliphatic heterocycles. The zero-order valence-corrected chi connectivity index (χ0v) is 11.4. The van der Waals surface area contributed by atoms with Gasteiger partial charge in [-0.2, -0.15) is 11.3 Å². The molecule has 3 aromatic rings. The lowest BCUT2D eigenvalue weighted by molar-refractivity contribution is 1.20. The first-order valence-corrected chi connectivity index (χ1v) is 7.58. The van der Waals surface area contributed by atoms with Gasteiger partial charge in [0.25, 0.3) is 0 Å². The number of rotatable bonds is 4. The predicted octanol–water partition coefficient (Wildman–Crippen LogP) is 5.09. The predicted molar refractivity (Wildman–Crippen MR) is 81.4 cm³/mol. The standard InChI is InChI=1S/C15H13NS2/c1-2-4-12(5-3-1)15-7-6-14(18-15)10-16-13-8-9-17-11-13/h1-9,11,16H,10H2. The summed E-state index contributed by atoms with van der Waals surface area (Å²) in [5.41, 5.74) is 2.50. The van der Waals surface area contributed by atoms with Gasteiger partial charge in [-0.05, 0) is 29.1 Å². The van der Waals surface area contributed by atoms with Crippen molar-refractivity contribution >= 4 is 28.4 Å². The fraction of sp³-hybridized carbons (Fsp3) is 0.0667. The summed E-state index contributed by atoms with van der Waals surface area (Å²) in [6, 6.07) is 17.0. The maximum absolute atomic E-state index is 3.43. The second-order valence-corrected chi connectivity index (χ2v) is 5.95. The highest BCUT2D eigenvalue weighted by Gasteiger charge is 2.02. The van der Waals surface area contributed by atoms with Gasteiger partial charge in [-0.1, -0.05) is 30.3 Å². The SMILES string of the molecule is c1ccc(-c2ccc(CNc3ccsc3)s2)cc1. The molecule has 0 atom stereocenters. The fourth-order valence-electron chi connectivity index (χ4n) is 1.78. The number of hydrogen-bond acceptors (Lipinski definition) is 3. The molecule has 18 heavy (non-hydrogen) atoms. The fourth-order valence-corrected chi connectivity index (χ4v) is 3.35. The molecule has 0 saturated carbocycles. The Labute approximate surface area is 115 Å². The summed E-state index contributed by atoms with van der Waals surface area (Å²) in [6.45, 7) is 0.897. The number of hydrogen-bond donors (Lipinski definition) is 1. The lowest BCUT2D eigenvalue weighted by Gasteiger charge is -2.00. The highest BCUT2D eigenvalue weighted by molar-refractivity contribution is 7.15. The van der Waals surface area contributed by atoms with E-state index in [-0.39, 0.29) is 0 Å². The molecule has 3 rings (SSSR count). The summed E-state index contributed by atoms with van der Waals surface area (Å²) in [4.78, 5) is 2.69. The maximum Gasteiger partial charge on any atom is 0.0494 e. The maximum atomic E-state index is 3.43. The van der Waals surface area contributed by atoms with Crippen LogP contribution in [-0.2, 0) is 6.54 Å². The van der Waals surface area contributed by atoms with Crippen LogP contribution in [0.25, 0.3) is 10.4 Å². The molecule has 0 bridgehead atoms. The van der Waals surface area contributed by atoms with Crippen LogP contribution in [0.3, 0.4) is 0 Å². The minimum Gasteiger partial charge on any atom is -0.379 e. The molecular formula is C15H13NS2. The summed E-state index contributed by atoms with van der Waals surface area (Å²) < 4.78 is 0. The topological polar surface area (TPSA) is 12.0 Å². The number of anilines is 1. The van der Waals surface area contributed by atoms with Crippen molar-refractivity contribution in [1.29, 1.82) is 0 Å². The molecule has 0 saturated heterocycles. The summed E-state index contributed by atoms with van der Waals surface area (Å²) >= 11 is 3.57. The van der Waals surface area contributed by atoms with Gasteiger partial charge in [-0.3, -0.25) is 0 Å². The molecule has 2 heterocycles. The molecule has 1 N–H and O–H groups in total. The molecule has 0 radical (unpaired) electrons. The van der Waals surface area contributed by atoms with E-state index >= 15 is 0 Å². The van der Waals surface area contributed by atoms with Crippen LogP contribution in [0.4, 0.5) is 5.69 Å². The smallest absolute Gasteiger partial charge is 0.0494 e. The quantitative estimate of drug-likeness (QED) is 0.697. The third-order valence-corrected chi connectivity index (χ3v) is 4.53. The first-order chi connectivity index (χ1) is 8.92. The highest BCUT2D eigenvalue weighted by Crippen LogP contribution is 2.28. The molecule has 1 nitrogen and oxygen atoms in total. The van der Waals surface area contributed by atoms with Gasteiger partial charge in [-0.15, -0.1) is 11.3 Å². The van der Waals surface area contributed by atoms with Crippen molar-refractivity contribution in [2.45, 2.75) is 6.54 Å². The first-order valence-electron chi connectivity index (χ1n) is 5.82. The van der Waals surface area contributed by atoms with Crippen molar-refractivity contribution < 1.29 is 0 Å². The van der Waals surface area contributed by atoms with Gasteiger partial charge in [0.1, 0.15) is 0 Å². The molecule has 0 unspecified atom stereocenters. The van der Waals surface area contributed by atoms with Crippen LogP contribution >= 0.6 is 22.7 Å². The largest absolute Gasteiger partial charge is 0.379 e. The third kappa shape index (κ3) is 2.63. The molecule has 0 fully saturated rings. The van der Waals surface area contributed by atoms with Crippen molar-refractivity contribution in [3.63, 3.8) is 0 Å². The summed E-state index contributed by atoms with van der Waals surface area (Å²) in [5, 5.41) is 7.65. The van der Waals surface area contributed by atoms with Crippen LogP contribution < -0.4 is 5.32 Å². The molecule has 0 spiro atoms. The van der Waals surface area contributed by atoms with E-state index in [1.807, 2.05) is 11.3 Å². The number of benzene rings is 1. The molecule has 0 aliphatic rings. The Bertz CT molecular complexity index is 596. The Morgan fingerprint density at radius 3 is 2.61 bits per heavy atom. The Balaban J connectivity index is 1.70. The summed E-state index contributed by atoms with van der Waals surface area (Å²) in [5.74, 6) is 0. The summed E-state index contributed by atoms with van der Waals surface area (Å²) in [7, 11) is 0. The number of thiophene rings is 2. The van der Waals surface area contributed by atoms with E-state index in [1.54, 1.807) is 11.3 Å². The normalized spacial score (nSPS) is 10.4. The van der Waals surface area contributed by atoms with E-state index in [1.165, 1.54) is 21.0 Å². The van der Waals surface area contributed by atoms with Crippen molar-refractivity contribution in [3.05, 3.63) is 64.2 Å². The van der Waals surface area contributed by atoms with Crippen molar-refractivity contribution in [1.82, 2.24) is 0 Å². The van der Waals surface area contributed by atoms with Crippen LogP contribution in [0.1, 0.15) is 4.88 Å². The van der Waals surface area contributed by atoms with Crippen molar-refractivity contribution in [3.8, 4) is 10.4 Å². The zero-order chi connectivity index (χ0) is 12.2. The van der Waals surface area contributed by atoms with E-state index < -0.39 is 0 Å². The lowest BCUT2D eigenvalue weighted by Crippen LogP contribution is -1.94.